The van der Waals surface area contributed by atoms with Gasteiger partial charge in [0.1, 0.15) is 5.76 Å². The van der Waals surface area contributed by atoms with Gasteiger partial charge in [-0.3, -0.25) is 4.79 Å². The maximum absolute atomic E-state index is 11.9. The summed E-state index contributed by atoms with van der Waals surface area (Å²) < 4.78 is 5.94. The molecule has 0 radical (unpaired) electrons. The van der Waals surface area contributed by atoms with Crippen molar-refractivity contribution in [3.63, 3.8) is 0 Å². The summed E-state index contributed by atoms with van der Waals surface area (Å²) in [6.45, 7) is 2.03. The molecule has 1 aromatic carbocycles. The van der Waals surface area contributed by atoms with E-state index >= 15 is 0 Å². The molecule has 0 saturated heterocycles. The lowest BCUT2D eigenvalue weighted by molar-refractivity contribution is 0.0947. The molecule has 0 aliphatic heterocycles. The molecule has 0 spiro atoms. The lowest BCUT2D eigenvalue weighted by Crippen LogP contribution is -2.23. The van der Waals surface area contributed by atoms with Gasteiger partial charge in [0.05, 0.1) is 23.3 Å². The number of carbonyl (C=O) groups excluding carboxylic acids is 1. The number of hydrogen-bond donors (Lipinski definition) is 1. The minimum Gasteiger partial charge on any atom is -0.444 e. The zero-order chi connectivity index (χ0) is 13.1. The molecule has 4 nitrogen and oxygen atoms in total. The van der Waals surface area contributed by atoms with Crippen molar-refractivity contribution in [2.24, 2.45) is 0 Å². The van der Waals surface area contributed by atoms with Crippen LogP contribution in [-0.2, 0) is 6.54 Å². The van der Waals surface area contributed by atoms with Gasteiger partial charge in [-0.25, -0.2) is 4.98 Å². The normalized spacial score (nSPS) is 10.4. The van der Waals surface area contributed by atoms with E-state index in [1.165, 1.54) is 0 Å². The van der Waals surface area contributed by atoms with Crippen LogP contribution in [0.15, 0.2) is 33.3 Å². The van der Waals surface area contributed by atoms with Crippen LogP contribution in [0.5, 0.6) is 0 Å². The molecular formula is C12H10BrClN2O2. The van der Waals surface area contributed by atoms with Crippen molar-refractivity contribution in [2.45, 2.75) is 13.5 Å². The van der Waals surface area contributed by atoms with Crippen molar-refractivity contribution in [3.8, 4) is 0 Å². The predicted octanol–water partition coefficient (Wildman–Crippen LogP) is 3.33. The smallest absolute Gasteiger partial charge is 0.253 e. The third-order valence-corrected chi connectivity index (χ3v) is 3.56. The van der Waals surface area contributed by atoms with Crippen molar-refractivity contribution in [1.29, 1.82) is 0 Å². The van der Waals surface area contributed by atoms with Gasteiger partial charge in [0.2, 0.25) is 5.89 Å². The highest BCUT2D eigenvalue weighted by Gasteiger charge is 2.12. The Balaban J connectivity index is 2.06. The fraction of sp³-hybridized carbons (Fsp3) is 0.167. The van der Waals surface area contributed by atoms with Gasteiger partial charge in [0, 0.05) is 4.47 Å². The molecular weight excluding hydrogens is 320 g/mol. The molecule has 1 aromatic heterocycles. The molecule has 1 N–H and O–H groups in total. The lowest BCUT2D eigenvalue weighted by Gasteiger charge is -2.05. The van der Waals surface area contributed by atoms with Crippen LogP contribution in [0.4, 0.5) is 0 Å². The molecule has 94 valence electrons. The Kier molecular flexibility index (Phi) is 4.04. The van der Waals surface area contributed by atoms with Crippen LogP contribution in [0, 0.1) is 6.92 Å². The Morgan fingerprint density at radius 1 is 1.56 bits per heavy atom. The van der Waals surface area contributed by atoms with E-state index in [2.05, 4.69) is 26.2 Å². The highest BCUT2D eigenvalue weighted by molar-refractivity contribution is 9.10. The Labute approximate surface area is 117 Å². The average Bonchev–Trinajstić information content (AvgIpc) is 2.76. The van der Waals surface area contributed by atoms with Crippen molar-refractivity contribution >= 4 is 33.4 Å². The molecule has 0 saturated carbocycles. The summed E-state index contributed by atoms with van der Waals surface area (Å²) in [6, 6.07) is 5.18. The van der Waals surface area contributed by atoms with Crippen molar-refractivity contribution in [3.05, 3.63) is 51.1 Å². The van der Waals surface area contributed by atoms with Gasteiger partial charge in [-0.1, -0.05) is 17.7 Å². The number of nitrogens with one attached hydrogen (secondary N) is 1. The van der Waals surface area contributed by atoms with E-state index in [-0.39, 0.29) is 12.5 Å². The molecule has 0 aliphatic carbocycles. The molecule has 1 amide bonds. The summed E-state index contributed by atoms with van der Waals surface area (Å²) in [5.74, 6) is 0.906. The van der Waals surface area contributed by atoms with Crippen LogP contribution in [0.3, 0.4) is 0 Å². The van der Waals surface area contributed by atoms with Crippen molar-refractivity contribution < 1.29 is 9.21 Å². The number of benzene rings is 1. The van der Waals surface area contributed by atoms with E-state index in [1.807, 2.05) is 0 Å². The standard InChI is InChI=1S/C12H10BrClN2O2/c1-7-5-15-10(18-7)6-16-12(17)8-3-2-4-9(13)11(8)14/h2-5H,6H2,1H3,(H,16,17). The second-order valence-corrected chi connectivity index (χ2v) is 4.88. The SMILES string of the molecule is Cc1cnc(CNC(=O)c2cccc(Br)c2Cl)o1. The third kappa shape index (κ3) is 2.91. The Bertz CT molecular complexity index is 583. The zero-order valence-electron chi connectivity index (χ0n) is 9.54. The number of carbonyl (C=O) groups is 1. The number of nitrogens with zero attached hydrogens (tertiary/aromatic N) is 1. The Morgan fingerprint density at radius 2 is 2.33 bits per heavy atom. The molecule has 2 rings (SSSR count). The van der Waals surface area contributed by atoms with E-state index in [0.717, 1.165) is 0 Å². The first kappa shape index (κ1) is 13.1. The highest BCUT2D eigenvalue weighted by atomic mass is 79.9. The summed E-state index contributed by atoms with van der Waals surface area (Å²) in [7, 11) is 0. The first-order chi connectivity index (χ1) is 8.58. The van der Waals surface area contributed by atoms with Gasteiger partial charge >= 0.3 is 0 Å². The highest BCUT2D eigenvalue weighted by Crippen LogP contribution is 2.25. The number of rotatable bonds is 3. The fourth-order valence-electron chi connectivity index (χ4n) is 1.41. The number of halogens is 2. The van der Waals surface area contributed by atoms with E-state index in [4.69, 9.17) is 16.0 Å². The Morgan fingerprint density at radius 3 is 3.00 bits per heavy atom. The first-order valence-corrected chi connectivity index (χ1v) is 6.38. The molecule has 0 fully saturated rings. The van der Waals surface area contributed by atoms with E-state index < -0.39 is 0 Å². The van der Waals surface area contributed by atoms with E-state index in [0.29, 0.717) is 26.7 Å². The van der Waals surface area contributed by atoms with Gasteiger partial charge in [0.25, 0.3) is 5.91 Å². The summed E-state index contributed by atoms with van der Waals surface area (Å²) in [4.78, 5) is 15.9. The number of amides is 1. The van der Waals surface area contributed by atoms with E-state index in [1.54, 1.807) is 31.3 Å². The first-order valence-electron chi connectivity index (χ1n) is 5.21. The monoisotopic (exact) mass is 328 g/mol. The molecule has 6 heteroatoms. The summed E-state index contributed by atoms with van der Waals surface area (Å²) >= 11 is 9.30. The van der Waals surface area contributed by atoms with Gasteiger partial charge in [0.15, 0.2) is 0 Å². The lowest BCUT2D eigenvalue weighted by atomic mass is 10.2. The topological polar surface area (TPSA) is 55.1 Å². The molecule has 1 heterocycles. The van der Waals surface area contributed by atoms with Crippen LogP contribution in [0.25, 0.3) is 0 Å². The molecule has 0 aliphatic rings. The predicted molar refractivity (Wildman–Crippen MR) is 71.6 cm³/mol. The van der Waals surface area contributed by atoms with Crippen LogP contribution >= 0.6 is 27.5 Å². The minimum absolute atomic E-state index is 0.232. The number of hydrogen-bond acceptors (Lipinski definition) is 3. The second kappa shape index (κ2) is 5.54. The number of oxazole rings is 1. The zero-order valence-corrected chi connectivity index (χ0v) is 11.9. The van der Waals surface area contributed by atoms with Crippen molar-refractivity contribution in [2.75, 3.05) is 0 Å². The maximum Gasteiger partial charge on any atom is 0.253 e. The second-order valence-electron chi connectivity index (χ2n) is 3.65. The number of aromatic nitrogens is 1. The molecule has 0 unspecified atom stereocenters. The van der Waals surface area contributed by atoms with Crippen LogP contribution in [0.2, 0.25) is 5.02 Å². The van der Waals surface area contributed by atoms with Crippen LogP contribution < -0.4 is 5.32 Å². The summed E-state index contributed by atoms with van der Waals surface area (Å²) in [6.07, 6.45) is 1.60. The van der Waals surface area contributed by atoms with Crippen LogP contribution in [0.1, 0.15) is 22.0 Å². The molecule has 18 heavy (non-hydrogen) atoms. The van der Waals surface area contributed by atoms with Gasteiger partial charge < -0.3 is 9.73 Å². The van der Waals surface area contributed by atoms with Gasteiger partial charge in [-0.15, -0.1) is 0 Å². The van der Waals surface area contributed by atoms with Crippen molar-refractivity contribution in [1.82, 2.24) is 10.3 Å². The largest absolute Gasteiger partial charge is 0.444 e. The van der Waals surface area contributed by atoms with E-state index in [9.17, 15) is 4.79 Å². The quantitative estimate of drug-likeness (QED) is 0.939. The molecule has 0 atom stereocenters. The van der Waals surface area contributed by atoms with Crippen LogP contribution in [-0.4, -0.2) is 10.9 Å². The average molecular weight is 330 g/mol. The fourth-order valence-corrected chi connectivity index (χ4v) is 1.99. The summed E-state index contributed by atoms with van der Waals surface area (Å²) in [5.41, 5.74) is 0.411. The Hall–Kier alpha value is -1.33. The molecule has 0 bridgehead atoms. The molecule has 2 aromatic rings. The van der Waals surface area contributed by atoms with Gasteiger partial charge in [-0.2, -0.15) is 0 Å². The summed E-state index contributed by atoms with van der Waals surface area (Å²) in [5, 5.41) is 3.08. The van der Waals surface area contributed by atoms with Gasteiger partial charge in [-0.05, 0) is 35.0 Å². The third-order valence-electron chi connectivity index (χ3n) is 2.27. The minimum atomic E-state index is -0.267. The number of aryl methyl sites for hydroxylation is 1. The maximum atomic E-state index is 11.9.